The Morgan fingerprint density at radius 1 is 1.69 bits per heavy atom. The van der Waals surface area contributed by atoms with Gasteiger partial charge in [0.2, 0.25) is 0 Å². The maximum Gasteiger partial charge on any atom is 0.101 e. The summed E-state index contributed by atoms with van der Waals surface area (Å²) in [5.41, 5.74) is 1.32. The highest BCUT2D eigenvalue weighted by Crippen LogP contribution is 2.12. The molecule has 5 heteroatoms. The maximum atomic E-state index is 11.1. The Hall–Kier alpha value is -1.41. The summed E-state index contributed by atoms with van der Waals surface area (Å²) in [4.78, 5) is 3.95. The van der Waals surface area contributed by atoms with Gasteiger partial charge in [-0.1, -0.05) is 6.92 Å². The second-order valence-electron chi connectivity index (χ2n) is 3.56. The van der Waals surface area contributed by atoms with Crippen LogP contribution in [0, 0.1) is 11.3 Å². The monoisotopic (exact) mass is 237 g/mol. The van der Waals surface area contributed by atoms with E-state index < -0.39 is 10.8 Å². The molecule has 86 valence electrons. The van der Waals surface area contributed by atoms with Crippen molar-refractivity contribution < 1.29 is 4.21 Å². The standard InChI is InChI=1S/C11H15N3OS/c1-9(16(2)15)3-6-14-11-8-13-5-4-10(11)7-12/h4-5,8-9,14H,3,6H2,1-2H3. The van der Waals surface area contributed by atoms with Crippen molar-refractivity contribution in [3.05, 3.63) is 24.0 Å². The first-order valence-corrected chi connectivity index (χ1v) is 6.67. The highest BCUT2D eigenvalue weighted by atomic mass is 32.2. The molecule has 0 aliphatic carbocycles. The van der Waals surface area contributed by atoms with Crippen LogP contribution in [0.2, 0.25) is 0 Å². The average molecular weight is 237 g/mol. The van der Waals surface area contributed by atoms with Crippen molar-refractivity contribution in [3.8, 4) is 6.07 Å². The van der Waals surface area contributed by atoms with E-state index in [0.29, 0.717) is 12.1 Å². The van der Waals surface area contributed by atoms with E-state index in [1.54, 1.807) is 24.7 Å². The number of nitriles is 1. The number of nitrogens with zero attached hydrogens (tertiary/aromatic N) is 2. The molecule has 2 atom stereocenters. The molecule has 0 radical (unpaired) electrons. The highest BCUT2D eigenvalue weighted by Gasteiger charge is 2.06. The van der Waals surface area contributed by atoms with Crippen LogP contribution in [0.5, 0.6) is 0 Å². The molecule has 1 heterocycles. The van der Waals surface area contributed by atoms with E-state index in [1.807, 2.05) is 6.92 Å². The summed E-state index contributed by atoms with van der Waals surface area (Å²) < 4.78 is 11.1. The van der Waals surface area contributed by atoms with Gasteiger partial charge < -0.3 is 5.32 Å². The largest absolute Gasteiger partial charge is 0.383 e. The SMILES string of the molecule is CC(CCNc1cnccc1C#N)S(C)=O. The lowest BCUT2D eigenvalue weighted by molar-refractivity contribution is 0.672. The van der Waals surface area contributed by atoms with Gasteiger partial charge >= 0.3 is 0 Å². The van der Waals surface area contributed by atoms with Gasteiger partial charge in [-0.3, -0.25) is 9.19 Å². The molecule has 0 aliphatic rings. The van der Waals surface area contributed by atoms with Gasteiger partial charge in [0.15, 0.2) is 0 Å². The van der Waals surface area contributed by atoms with Gasteiger partial charge in [-0.25, -0.2) is 0 Å². The number of hydrogen-bond acceptors (Lipinski definition) is 4. The minimum atomic E-state index is -0.796. The Kier molecular flexibility index (Phi) is 4.93. The van der Waals surface area contributed by atoms with E-state index in [0.717, 1.165) is 12.1 Å². The molecule has 1 aromatic heterocycles. The van der Waals surface area contributed by atoms with Crippen molar-refractivity contribution in [2.24, 2.45) is 0 Å². The smallest absolute Gasteiger partial charge is 0.101 e. The van der Waals surface area contributed by atoms with E-state index >= 15 is 0 Å². The van der Waals surface area contributed by atoms with Crippen molar-refractivity contribution >= 4 is 16.5 Å². The summed E-state index contributed by atoms with van der Waals surface area (Å²) in [6, 6.07) is 3.76. The Bertz CT molecular complexity index is 414. The molecule has 2 unspecified atom stereocenters. The van der Waals surface area contributed by atoms with E-state index in [4.69, 9.17) is 5.26 Å². The number of hydrogen-bond donors (Lipinski definition) is 1. The van der Waals surface area contributed by atoms with Crippen molar-refractivity contribution in [2.45, 2.75) is 18.6 Å². The molecule has 0 aromatic carbocycles. The van der Waals surface area contributed by atoms with Crippen molar-refractivity contribution in [2.75, 3.05) is 18.1 Å². The van der Waals surface area contributed by atoms with Gasteiger partial charge in [-0.05, 0) is 12.5 Å². The molecular formula is C11H15N3OS. The number of nitrogens with one attached hydrogen (secondary N) is 1. The molecule has 0 spiro atoms. The zero-order chi connectivity index (χ0) is 12.0. The fourth-order valence-corrected chi connectivity index (χ4v) is 1.66. The van der Waals surface area contributed by atoms with Crippen molar-refractivity contribution in [1.82, 2.24) is 4.98 Å². The van der Waals surface area contributed by atoms with Gasteiger partial charge in [0, 0.05) is 35.0 Å². The highest BCUT2D eigenvalue weighted by molar-refractivity contribution is 7.84. The van der Waals surface area contributed by atoms with Crippen LogP contribution in [-0.2, 0) is 10.8 Å². The van der Waals surface area contributed by atoms with Gasteiger partial charge in [0.25, 0.3) is 0 Å². The summed E-state index contributed by atoms with van der Waals surface area (Å²) in [7, 11) is -0.796. The molecule has 1 aromatic rings. The summed E-state index contributed by atoms with van der Waals surface area (Å²) in [5.74, 6) is 0. The molecule has 1 N–H and O–H groups in total. The molecule has 4 nitrogen and oxygen atoms in total. The summed E-state index contributed by atoms with van der Waals surface area (Å²) in [6.07, 6.45) is 5.73. The van der Waals surface area contributed by atoms with Crippen LogP contribution < -0.4 is 5.32 Å². The van der Waals surface area contributed by atoms with E-state index in [-0.39, 0.29) is 5.25 Å². The van der Waals surface area contributed by atoms with E-state index in [1.165, 1.54) is 0 Å². The van der Waals surface area contributed by atoms with Crippen molar-refractivity contribution in [1.29, 1.82) is 5.26 Å². The van der Waals surface area contributed by atoms with Crippen LogP contribution in [-0.4, -0.2) is 27.2 Å². The van der Waals surface area contributed by atoms with Crippen LogP contribution in [0.4, 0.5) is 5.69 Å². The number of aromatic nitrogens is 1. The minimum Gasteiger partial charge on any atom is -0.383 e. The molecule has 1 rings (SSSR count). The first kappa shape index (κ1) is 12.7. The van der Waals surface area contributed by atoms with Crippen molar-refractivity contribution in [3.63, 3.8) is 0 Å². The predicted molar refractivity (Wildman–Crippen MR) is 65.6 cm³/mol. The van der Waals surface area contributed by atoms with E-state index in [2.05, 4.69) is 16.4 Å². The summed E-state index contributed by atoms with van der Waals surface area (Å²) >= 11 is 0. The molecule has 0 saturated heterocycles. The zero-order valence-corrected chi connectivity index (χ0v) is 10.3. The molecular weight excluding hydrogens is 222 g/mol. The average Bonchev–Trinajstić information content (AvgIpc) is 2.29. The molecule has 0 bridgehead atoms. The molecule has 0 fully saturated rings. The van der Waals surface area contributed by atoms with Gasteiger partial charge in [-0.15, -0.1) is 0 Å². The Morgan fingerprint density at radius 3 is 3.06 bits per heavy atom. The number of pyridine rings is 1. The van der Waals surface area contributed by atoms with Crippen LogP contribution in [0.25, 0.3) is 0 Å². The molecule has 0 saturated carbocycles. The second kappa shape index (κ2) is 6.23. The summed E-state index contributed by atoms with van der Waals surface area (Å²) in [6.45, 7) is 2.65. The first-order chi connectivity index (χ1) is 7.65. The number of rotatable bonds is 5. The van der Waals surface area contributed by atoms with E-state index in [9.17, 15) is 4.21 Å². The third-order valence-corrected chi connectivity index (χ3v) is 3.74. The van der Waals surface area contributed by atoms with Gasteiger partial charge in [0.1, 0.15) is 6.07 Å². The topological polar surface area (TPSA) is 65.8 Å². The van der Waals surface area contributed by atoms with Gasteiger partial charge in [-0.2, -0.15) is 5.26 Å². The second-order valence-corrected chi connectivity index (χ2v) is 5.36. The predicted octanol–water partition coefficient (Wildman–Crippen LogP) is 1.52. The van der Waals surface area contributed by atoms with Crippen LogP contribution in [0.1, 0.15) is 18.9 Å². The molecule has 0 aliphatic heterocycles. The Labute approximate surface area is 98.2 Å². The Balaban J connectivity index is 2.49. The fraction of sp³-hybridized carbons (Fsp3) is 0.455. The minimum absolute atomic E-state index is 0.162. The molecule has 16 heavy (non-hydrogen) atoms. The lowest BCUT2D eigenvalue weighted by Crippen LogP contribution is -2.15. The first-order valence-electron chi connectivity index (χ1n) is 5.05. The van der Waals surface area contributed by atoms with Crippen LogP contribution in [0.3, 0.4) is 0 Å². The third kappa shape index (κ3) is 3.63. The quantitative estimate of drug-likeness (QED) is 0.843. The zero-order valence-electron chi connectivity index (χ0n) is 9.43. The normalized spacial score (nSPS) is 13.8. The molecule has 0 amide bonds. The lowest BCUT2D eigenvalue weighted by atomic mass is 10.2. The van der Waals surface area contributed by atoms with Gasteiger partial charge in [0.05, 0.1) is 17.4 Å². The number of anilines is 1. The fourth-order valence-electron chi connectivity index (χ4n) is 1.21. The Morgan fingerprint density at radius 2 is 2.44 bits per heavy atom. The van der Waals surface area contributed by atoms with Crippen LogP contribution >= 0.6 is 0 Å². The van der Waals surface area contributed by atoms with Crippen LogP contribution in [0.15, 0.2) is 18.5 Å². The maximum absolute atomic E-state index is 11.1. The third-order valence-electron chi connectivity index (χ3n) is 2.37. The lowest BCUT2D eigenvalue weighted by Gasteiger charge is -2.10. The summed E-state index contributed by atoms with van der Waals surface area (Å²) in [5, 5.41) is 12.1.